The maximum absolute atomic E-state index is 13.0. The van der Waals surface area contributed by atoms with Crippen molar-refractivity contribution in [3.05, 3.63) is 77.9 Å². The molecule has 0 radical (unpaired) electrons. The zero-order chi connectivity index (χ0) is 23.7. The first-order valence-corrected chi connectivity index (χ1v) is 11.8. The van der Waals surface area contributed by atoms with E-state index in [1.807, 2.05) is 64.6 Å². The number of carbonyl (C=O) groups excluding carboxylic acids is 3. The lowest BCUT2D eigenvalue weighted by Gasteiger charge is -2.21. The lowest BCUT2D eigenvalue weighted by Crippen LogP contribution is -2.45. The van der Waals surface area contributed by atoms with Gasteiger partial charge in [0.05, 0.1) is 5.69 Å². The van der Waals surface area contributed by atoms with Crippen LogP contribution in [0.5, 0.6) is 0 Å². The molecule has 34 heavy (non-hydrogen) atoms. The number of nitrogens with zero attached hydrogens (tertiary/aromatic N) is 3. The predicted octanol–water partition coefficient (Wildman–Crippen LogP) is 3.94. The number of aryl methyl sites for hydroxylation is 1. The van der Waals surface area contributed by atoms with Crippen LogP contribution in [0.15, 0.2) is 72.4 Å². The number of amides is 4. The Kier molecular flexibility index (Phi) is 5.62. The Morgan fingerprint density at radius 2 is 1.88 bits per heavy atom. The van der Waals surface area contributed by atoms with Crippen LogP contribution in [0.2, 0.25) is 0 Å². The first-order chi connectivity index (χ1) is 16.4. The van der Waals surface area contributed by atoms with E-state index < -0.39 is 23.4 Å². The summed E-state index contributed by atoms with van der Waals surface area (Å²) < 4.78 is 1.96. The number of aromatic nitrogens is 2. The molecule has 0 spiro atoms. The molecule has 8 nitrogen and oxygen atoms in total. The van der Waals surface area contributed by atoms with Crippen LogP contribution in [0, 0.1) is 0 Å². The highest BCUT2D eigenvalue weighted by Gasteiger charge is 2.47. The van der Waals surface area contributed by atoms with Crippen molar-refractivity contribution in [1.82, 2.24) is 19.6 Å². The highest BCUT2D eigenvalue weighted by Crippen LogP contribution is 2.25. The van der Waals surface area contributed by atoms with Gasteiger partial charge in [-0.1, -0.05) is 42.5 Å². The van der Waals surface area contributed by atoms with Crippen molar-refractivity contribution in [3.63, 3.8) is 0 Å². The fourth-order valence-corrected chi connectivity index (χ4v) is 4.73. The van der Waals surface area contributed by atoms with E-state index in [-0.39, 0.29) is 6.54 Å². The second-order valence-corrected chi connectivity index (χ2v) is 9.36. The van der Waals surface area contributed by atoms with Gasteiger partial charge in [-0.25, -0.2) is 9.78 Å². The predicted molar refractivity (Wildman–Crippen MR) is 131 cm³/mol. The van der Waals surface area contributed by atoms with E-state index in [1.165, 1.54) is 0 Å². The van der Waals surface area contributed by atoms with Gasteiger partial charge < -0.3 is 10.6 Å². The standard InChI is InChI=1S/C25H23N5O3S/c1-25(12-11-17-5-3-2-4-6-17)22(32)30(23(33)28-25)16-21(31)26-19-9-7-18(8-10-19)20-15-29-13-14-34-24(29)27-20/h2-10,13-15H,11-12,16H2,1H3,(H,26,31)(H,28,33)/t25-/m0/s1. The number of hydrogen-bond acceptors (Lipinski definition) is 5. The Balaban J connectivity index is 1.19. The summed E-state index contributed by atoms with van der Waals surface area (Å²) >= 11 is 1.56. The second kappa shape index (κ2) is 8.75. The SMILES string of the molecule is C[C@@]1(CCc2ccccc2)NC(=O)N(CC(=O)Nc2ccc(-c3cn4ccsc4n3)cc2)C1=O. The van der Waals surface area contributed by atoms with E-state index in [4.69, 9.17) is 0 Å². The van der Waals surface area contributed by atoms with Crippen LogP contribution in [0.25, 0.3) is 16.2 Å². The van der Waals surface area contributed by atoms with Crippen LogP contribution in [0.1, 0.15) is 18.9 Å². The molecular formula is C25H23N5O3S. The number of carbonyl (C=O) groups is 3. The molecule has 3 heterocycles. The molecule has 1 fully saturated rings. The van der Waals surface area contributed by atoms with Gasteiger partial charge >= 0.3 is 6.03 Å². The first-order valence-electron chi connectivity index (χ1n) is 10.9. The van der Waals surface area contributed by atoms with Gasteiger partial charge in [0.15, 0.2) is 4.96 Å². The number of imidazole rings is 1. The molecule has 1 atom stereocenters. The Labute approximate surface area is 200 Å². The summed E-state index contributed by atoms with van der Waals surface area (Å²) in [6.07, 6.45) is 5.00. The molecule has 4 aromatic rings. The van der Waals surface area contributed by atoms with Crippen LogP contribution in [0.4, 0.5) is 10.5 Å². The summed E-state index contributed by atoms with van der Waals surface area (Å²) in [6, 6.07) is 16.5. The molecular weight excluding hydrogens is 450 g/mol. The Morgan fingerprint density at radius 3 is 2.62 bits per heavy atom. The Hall–Kier alpha value is -3.98. The van der Waals surface area contributed by atoms with E-state index in [0.29, 0.717) is 18.5 Å². The minimum Gasteiger partial charge on any atom is -0.325 e. The zero-order valence-corrected chi connectivity index (χ0v) is 19.3. The number of fused-ring (bicyclic) bond motifs is 1. The van der Waals surface area contributed by atoms with Crippen molar-refractivity contribution in [2.75, 3.05) is 11.9 Å². The molecule has 2 aromatic heterocycles. The maximum atomic E-state index is 13.0. The van der Waals surface area contributed by atoms with Crippen LogP contribution < -0.4 is 10.6 Å². The van der Waals surface area contributed by atoms with Gasteiger partial charge in [-0.15, -0.1) is 11.3 Å². The molecule has 1 saturated heterocycles. The Morgan fingerprint density at radius 1 is 1.12 bits per heavy atom. The molecule has 2 N–H and O–H groups in total. The van der Waals surface area contributed by atoms with E-state index >= 15 is 0 Å². The summed E-state index contributed by atoms with van der Waals surface area (Å²) in [4.78, 5) is 44.5. The minimum atomic E-state index is -1.03. The quantitative estimate of drug-likeness (QED) is 0.398. The molecule has 5 rings (SSSR count). The molecule has 4 amide bonds. The number of anilines is 1. The number of thiazole rings is 1. The third-order valence-electron chi connectivity index (χ3n) is 5.96. The van der Waals surface area contributed by atoms with Gasteiger partial charge in [0.2, 0.25) is 5.91 Å². The lowest BCUT2D eigenvalue weighted by atomic mass is 9.93. The van der Waals surface area contributed by atoms with E-state index in [0.717, 1.165) is 26.7 Å². The number of urea groups is 1. The molecule has 1 aliphatic rings. The zero-order valence-electron chi connectivity index (χ0n) is 18.5. The molecule has 1 aliphatic heterocycles. The van der Waals surface area contributed by atoms with Gasteiger partial charge in [0.25, 0.3) is 5.91 Å². The van der Waals surface area contributed by atoms with Crippen molar-refractivity contribution in [1.29, 1.82) is 0 Å². The number of rotatable bonds is 7. The number of nitrogens with one attached hydrogen (secondary N) is 2. The molecule has 0 saturated carbocycles. The van der Waals surface area contributed by atoms with Gasteiger partial charge in [0, 0.05) is 29.0 Å². The summed E-state index contributed by atoms with van der Waals surface area (Å²) in [5, 5.41) is 7.49. The minimum absolute atomic E-state index is 0.343. The second-order valence-electron chi connectivity index (χ2n) is 8.48. The van der Waals surface area contributed by atoms with Crippen LogP contribution in [-0.2, 0) is 16.0 Å². The summed E-state index contributed by atoms with van der Waals surface area (Å²) in [5.74, 6) is -0.829. The van der Waals surface area contributed by atoms with Crippen LogP contribution in [-0.4, -0.2) is 44.2 Å². The average molecular weight is 474 g/mol. The van der Waals surface area contributed by atoms with Crippen LogP contribution >= 0.6 is 11.3 Å². The molecule has 0 bridgehead atoms. The third-order valence-corrected chi connectivity index (χ3v) is 6.73. The highest BCUT2D eigenvalue weighted by molar-refractivity contribution is 7.15. The summed E-state index contributed by atoms with van der Waals surface area (Å²) in [5.41, 5.74) is 2.40. The van der Waals surface area contributed by atoms with Crippen molar-refractivity contribution in [3.8, 4) is 11.3 Å². The van der Waals surface area contributed by atoms with Gasteiger partial charge in [-0.3, -0.25) is 18.9 Å². The molecule has 2 aromatic carbocycles. The third kappa shape index (κ3) is 4.29. The fourth-order valence-electron chi connectivity index (χ4n) is 4.03. The number of imide groups is 1. The largest absolute Gasteiger partial charge is 0.325 e. The van der Waals surface area contributed by atoms with E-state index in [1.54, 1.807) is 30.4 Å². The van der Waals surface area contributed by atoms with Crippen LogP contribution in [0.3, 0.4) is 0 Å². The normalized spacial score (nSPS) is 17.9. The van der Waals surface area contributed by atoms with Crippen molar-refractivity contribution in [2.45, 2.75) is 25.3 Å². The molecule has 0 unspecified atom stereocenters. The lowest BCUT2D eigenvalue weighted by molar-refractivity contribution is -0.133. The topological polar surface area (TPSA) is 95.8 Å². The number of benzene rings is 2. The van der Waals surface area contributed by atoms with Gasteiger partial charge in [-0.05, 0) is 37.5 Å². The smallest absolute Gasteiger partial charge is 0.325 e. The first kappa shape index (κ1) is 21.8. The average Bonchev–Trinajstić information content (AvgIpc) is 3.49. The number of hydrogen-bond donors (Lipinski definition) is 2. The van der Waals surface area contributed by atoms with Crippen molar-refractivity contribution in [2.24, 2.45) is 0 Å². The van der Waals surface area contributed by atoms with E-state index in [2.05, 4.69) is 15.6 Å². The maximum Gasteiger partial charge on any atom is 0.325 e. The van der Waals surface area contributed by atoms with Crippen molar-refractivity contribution >= 4 is 39.8 Å². The van der Waals surface area contributed by atoms with Gasteiger partial charge in [0.1, 0.15) is 12.1 Å². The summed E-state index contributed by atoms with van der Waals surface area (Å²) in [7, 11) is 0. The summed E-state index contributed by atoms with van der Waals surface area (Å²) in [6.45, 7) is 1.36. The molecule has 0 aliphatic carbocycles. The Bertz CT molecular complexity index is 1330. The molecule has 172 valence electrons. The fraction of sp³-hybridized carbons (Fsp3) is 0.200. The highest BCUT2D eigenvalue weighted by atomic mass is 32.1. The van der Waals surface area contributed by atoms with Crippen molar-refractivity contribution < 1.29 is 14.4 Å². The monoisotopic (exact) mass is 473 g/mol. The molecule has 9 heteroatoms. The van der Waals surface area contributed by atoms with Gasteiger partial charge in [-0.2, -0.15) is 0 Å². The van der Waals surface area contributed by atoms with E-state index in [9.17, 15) is 14.4 Å².